The number of hydrogen-bond acceptors (Lipinski definition) is 4. The molecule has 1 fully saturated rings. The summed E-state index contributed by atoms with van der Waals surface area (Å²) in [5.74, 6) is -0.360. The van der Waals surface area contributed by atoms with Crippen molar-refractivity contribution >= 4 is 17.3 Å². The van der Waals surface area contributed by atoms with Crippen molar-refractivity contribution in [1.29, 1.82) is 0 Å². The zero-order valence-electron chi connectivity index (χ0n) is 8.49. The molecule has 15 heavy (non-hydrogen) atoms. The van der Waals surface area contributed by atoms with Crippen LogP contribution in [0.25, 0.3) is 0 Å². The molecule has 3 nitrogen and oxygen atoms in total. The molecule has 1 aromatic heterocycles. The van der Waals surface area contributed by atoms with Gasteiger partial charge in [0.25, 0.3) is 0 Å². The van der Waals surface area contributed by atoms with Crippen molar-refractivity contribution in [2.24, 2.45) is 0 Å². The number of hydrogen-bond donors (Lipinski definition) is 0. The minimum Gasteiger partial charge on any atom is -0.466 e. The van der Waals surface area contributed by atoms with Crippen LogP contribution in [0.5, 0.6) is 0 Å². The molecule has 1 aromatic rings. The first kappa shape index (κ1) is 10.4. The van der Waals surface area contributed by atoms with Gasteiger partial charge in [-0.2, -0.15) is 0 Å². The Hall–Kier alpha value is -1.13. The molecule has 80 valence electrons. The van der Waals surface area contributed by atoms with Gasteiger partial charge in [-0.1, -0.05) is 12.6 Å². The van der Waals surface area contributed by atoms with E-state index in [2.05, 4.69) is 11.3 Å². The van der Waals surface area contributed by atoms with Crippen molar-refractivity contribution in [3.63, 3.8) is 0 Å². The van der Waals surface area contributed by atoms with E-state index >= 15 is 0 Å². The Morgan fingerprint density at radius 2 is 2.53 bits per heavy atom. The highest BCUT2D eigenvalue weighted by Gasteiger charge is 2.48. The number of carbonyl (C=O) groups excluding carboxylic acids is 1. The number of thiophene rings is 1. The summed E-state index contributed by atoms with van der Waals surface area (Å²) in [6.07, 6.45) is 0.514. The van der Waals surface area contributed by atoms with Crippen LogP contribution in [0.2, 0.25) is 0 Å². The first-order chi connectivity index (χ1) is 7.18. The fourth-order valence-corrected chi connectivity index (χ4v) is 2.38. The lowest BCUT2D eigenvalue weighted by Gasteiger charge is -2.10. The molecule has 0 saturated carbocycles. The number of esters is 1. The molecule has 1 unspecified atom stereocenters. The van der Waals surface area contributed by atoms with E-state index in [1.54, 1.807) is 11.3 Å². The average Bonchev–Trinajstić information content (AvgIpc) is 2.82. The lowest BCUT2D eigenvalue weighted by Crippen LogP contribution is -2.13. The Labute approximate surface area is 92.3 Å². The lowest BCUT2D eigenvalue weighted by molar-refractivity contribution is -0.136. The number of epoxide rings is 1. The van der Waals surface area contributed by atoms with Gasteiger partial charge >= 0.3 is 5.97 Å². The number of carbonyl (C=O) groups is 1. The predicted octanol–water partition coefficient (Wildman–Crippen LogP) is 2.09. The van der Waals surface area contributed by atoms with Crippen molar-refractivity contribution in [3.05, 3.63) is 34.5 Å². The summed E-state index contributed by atoms with van der Waals surface area (Å²) in [6, 6.07) is 3.99. The van der Waals surface area contributed by atoms with Crippen LogP contribution in [0.1, 0.15) is 11.3 Å². The minimum atomic E-state index is -0.360. The Balaban J connectivity index is 2.07. The molecule has 4 heteroatoms. The van der Waals surface area contributed by atoms with Crippen molar-refractivity contribution in [2.75, 3.05) is 13.7 Å². The van der Waals surface area contributed by atoms with Crippen molar-refractivity contribution in [3.8, 4) is 0 Å². The number of ether oxygens (including phenoxy) is 2. The monoisotopic (exact) mass is 224 g/mol. The highest BCUT2D eigenvalue weighted by Crippen LogP contribution is 2.45. The Kier molecular flexibility index (Phi) is 2.63. The van der Waals surface area contributed by atoms with E-state index in [1.807, 2.05) is 17.5 Å². The first-order valence-electron chi connectivity index (χ1n) is 4.62. The smallest absolute Gasteiger partial charge is 0.333 e. The largest absolute Gasteiger partial charge is 0.466 e. The van der Waals surface area contributed by atoms with E-state index in [4.69, 9.17) is 4.74 Å². The van der Waals surface area contributed by atoms with Crippen molar-refractivity contribution in [2.45, 2.75) is 12.0 Å². The summed E-state index contributed by atoms with van der Waals surface area (Å²) in [5.41, 5.74) is 0.155. The fraction of sp³-hybridized carbons (Fsp3) is 0.364. The molecule has 0 bridgehead atoms. The second-order valence-electron chi connectivity index (χ2n) is 3.53. The fourth-order valence-electron chi connectivity index (χ4n) is 1.52. The molecule has 0 aliphatic carbocycles. The van der Waals surface area contributed by atoms with Gasteiger partial charge in [-0.25, -0.2) is 4.79 Å². The van der Waals surface area contributed by atoms with Gasteiger partial charge in [-0.15, -0.1) is 11.3 Å². The zero-order valence-corrected chi connectivity index (χ0v) is 9.30. The molecule has 1 aliphatic rings. The molecule has 0 radical (unpaired) electrons. The molecule has 1 saturated heterocycles. The van der Waals surface area contributed by atoms with E-state index in [0.717, 1.165) is 4.88 Å². The van der Waals surface area contributed by atoms with Gasteiger partial charge in [-0.3, -0.25) is 0 Å². The summed E-state index contributed by atoms with van der Waals surface area (Å²) in [7, 11) is 1.36. The maximum absolute atomic E-state index is 11.2. The molecule has 0 amide bonds. The molecule has 1 aliphatic heterocycles. The summed E-state index contributed by atoms with van der Waals surface area (Å²) >= 11 is 1.64. The molecule has 0 aromatic carbocycles. The van der Waals surface area contributed by atoms with Crippen LogP contribution in [0.15, 0.2) is 29.7 Å². The lowest BCUT2D eigenvalue weighted by atomic mass is 9.99. The van der Waals surface area contributed by atoms with Gasteiger partial charge in [-0.05, 0) is 11.4 Å². The summed E-state index contributed by atoms with van der Waals surface area (Å²) in [6.45, 7) is 4.37. The van der Waals surface area contributed by atoms with Crippen LogP contribution in [0.4, 0.5) is 0 Å². The van der Waals surface area contributed by atoms with Gasteiger partial charge in [0.1, 0.15) is 5.60 Å². The average molecular weight is 224 g/mol. The summed E-state index contributed by atoms with van der Waals surface area (Å²) in [4.78, 5) is 12.4. The highest BCUT2D eigenvalue weighted by molar-refractivity contribution is 7.10. The van der Waals surface area contributed by atoms with Crippen molar-refractivity contribution < 1.29 is 14.3 Å². The van der Waals surface area contributed by atoms with Crippen LogP contribution in [-0.4, -0.2) is 19.7 Å². The number of rotatable bonds is 4. The third-order valence-corrected chi connectivity index (χ3v) is 3.49. The molecular formula is C11H12O3S. The molecule has 1 atom stereocenters. The third kappa shape index (κ3) is 1.96. The highest BCUT2D eigenvalue weighted by atomic mass is 32.1. The maximum Gasteiger partial charge on any atom is 0.333 e. The van der Waals surface area contributed by atoms with Gasteiger partial charge in [0.05, 0.1) is 13.7 Å². The zero-order chi connectivity index (χ0) is 10.9. The van der Waals surface area contributed by atoms with Crippen LogP contribution < -0.4 is 0 Å². The molecule has 0 N–H and O–H groups in total. The molecule has 2 heterocycles. The maximum atomic E-state index is 11.2. The molecule has 2 rings (SSSR count). The van der Waals surface area contributed by atoms with Crippen LogP contribution >= 0.6 is 11.3 Å². The van der Waals surface area contributed by atoms with Crippen molar-refractivity contribution in [1.82, 2.24) is 0 Å². The Morgan fingerprint density at radius 3 is 3.00 bits per heavy atom. The second kappa shape index (κ2) is 3.79. The van der Waals surface area contributed by atoms with Crippen LogP contribution in [0, 0.1) is 0 Å². The Bertz CT molecular complexity index is 377. The Morgan fingerprint density at radius 1 is 1.80 bits per heavy atom. The van der Waals surface area contributed by atoms with Gasteiger partial charge in [0, 0.05) is 16.9 Å². The number of methoxy groups -OCH3 is 1. The SMILES string of the molecule is C=C(CC1(c2cccs2)CO1)C(=O)OC. The van der Waals surface area contributed by atoms with E-state index in [9.17, 15) is 4.79 Å². The van der Waals surface area contributed by atoms with Gasteiger partial charge in [0.2, 0.25) is 0 Å². The van der Waals surface area contributed by atoms with Crippen LogP contribution in [0.3, 0.4) is 0 Å². The van der Waals surface area contributed by atoms with E-state index in [0.29, 0.717) is 18.6 Å². The van der Waals surface area contributed by atoms with Crippen LogP contribution in [-0.2, 0) is 19.9 Å². The summed E-state index contributed by atoms with van der Waals surface area (Å²) in [5, 5.41) is 2.00. The van der Waals surface area contributed by atoms with Gasteiger partial charge < -0.3 is 9.47 Å². The standard InChI is InChI=1S/C11H12O3S/c1-8(10(12)13-2)6-11(7-14-11)9-4-3-5-15-9/h3-5H,1,6-7H2,2H3. The topological polar surface area (TPSA) is 38.8 Å². The normalized spacial score (nSPS) is 23.5. The second-order valence-corrected chi connectivity index (χ2v) is 4.48. The van der Waals surface area contributed by atoms with E-state index < -0.39 is 0 Å². The first-order valence-corrected chi connectivity index (χ1v) is 5.50. The summed E-state index contributed by atoms with van der Waals surface area (Å²) < 4.78 is 10.1. The molecular weight excluding hydrogens is 212 g/mol. The van der Waals surface area contributed by atoms with E-state index in [-0.39, 0.29) is 11.6 Å². The quantitative estimate of drug-likeness (QED) is 0.446. The third-order valence-electron chi connectivity index (χ3n) is 2.44. The van der Waals surface area contributed by atoms with Gasteiger partial charge in [0.15, 0.2) is 0 Å². The van der Waals surface area contributed by atoms with E-state index in [1.165, 1.54) is 7.11 Å². The molecule has 0 spiro atoms. The predicted molar refractivity (Wildman–Crippen MR) is 57.7 cm³/mol. The minimum absolute atomic E-state index is 0.306.